The number of fused-ring (bicyclic) bond motifs is 2. The fourth-order valence-corrected chi connectivity index (χ4v) is 4.26. The van der Waals surface area contributed by atoms with Crippen molar-refractivity contribution in [2.45, 2.75) is 19.4 Å². The van der Waals surface area contributed by atoms with Crippen LogP contribution in [0.15, 0.2) is 66.8 Å². The van der Waals surface area contributed by atoms with E-state index in [0.29, 0.717) is 0 Å². The Morgan fingerprint density at radius 2 is 2.07 bits per heavy atom. The van der Waals surface area contributed by atoms with Gasteiger partial charge in [0.25, 0.3) is 0 Å². The maximum absolute atomic E-state index is 6.23. The Morgan fingerprint density at radius 3 is 2.87 bits per heavy atom. The van der Waals surface area contributed by atoms with E-state index in [4.69, 9.17) is 5.73 Å². The molecule has 1 aliphatic heterocycles. The molecule has 5 rings (SSSR count). The molecule has 0 aliphatic carbocycles. The van der Waals surface area contributed by atoms with Gasteiger partial charge in [-0.1, -0.05) is 18.2 Å². The van der Waals surface area contributed by atoms with Gasteiger partial charge < -0.3 is 21.4 Å². The van der Waals surface area contributed by atoms with Gasteiger partial charge in [0.2, 0.25) is 0 Å². The van der Waals surface area contributed by atoms with Crippen LogP contribution in [0.3, 0.4) is 0 Å². The summed E-state index contributed by atoms with van der Waals surface area (Å²) in [6.07, 6.45) is 6.87. The summed E-state index contributed by atoms with van der Waals surface area (Å²) < 4.78 is 1.83. The van der Waals surface area contributed by atoms with Gasteiger partial charge in [-0.25, -0.2) is 0 Å². The predicted molar refractivity (Wildman–Crippen MR) is 123 cm³/mol. The summed E-state index contributed by atoms with van der Waals surface area (Å²) in [6, 6.07) is 15.3. The highest BCUT2D eigenvalue weighted by molar-refractivity contribution is 5.83. The third kappa shape index (κ3) is 3.30. The summed E-state index contributed by atoms with van der Waals surface area (Å²) >= 11 is 0. The molecule has 5 N–H and O–H groups in total. The number of nitrogens with zero attached hydrogens (tertiary/aromatic N) is 2. The number of nitrogens with one attached hydrogen (secondary N) is 3. The Morgan fingerprint density at radius 1 is 1.17 bits per heavy atom. The van der Waals surface area contributed by atoms with Crippen molar-refractivity contribution in [2.75, 3.05) is 11.9 Å². The Kier molecular flexibility index (Phi) is 4.47. The van der Waals surface area contributed by atoms with Gasteiger partial charge in [0.15, 0.2) is 0 Å². The maximum atomic E-state index is 6.23. The summed E-state index contributed by atoms with van der Waals surface area (Å²) in [5.41, 5.74) is 15.0. The highest BCUT2D eigenvalue weighted by Gasteiger charge is 2.23. The van der Waals surface area contributed by atoms with E-state index < -0.39 is 0 Å². The largest absolute Gasteiger partial charge is 0.401 e. The van der Waals surface area contributed by atoms with Crippen LogP contribution in [0.4, 0.5) is 5.69 Å². The quantitative estimate of drug-likeness (QED) is 0.413. The zero-order valence-corrected chi connectivity index (χ0v) is 17.2. The molecule has 0 saturated heterocycles. The fraction of sp³-hybridized carbons (Fsp3) is 0.208. The molecule has 0 spiro atoms. The van der Waals surface area contributed by atoms with Crippen molar-refractivity contribution >= 4 is 22.3 Å². The molecule has 6 nitrogen and oxygen atoms in total. The molecule has 152 valence electrons. The Labute approximate surface area is 175 Å². The first kappa shape index (κ1) is 18.4. The lowest BCUT2D eigenvalue weighted by Gasteiger charge is -2.21. The molecule has 2 aromatic carbocycles. The molecular formula is C24H26N6. The summed E-state index contributed by atoms with van der Waals surface area (Å²) in [5, 5.41) is 12.8. The minimum atomic E-state index is 0.161. The van der Waals surface area contributed by atoms with Crippen LogP contribution in [-0.4, -0.2) is 21.3 Å². The van der Waals surface area contributed by atoms with E-state index in [-0.39, 0.29) is 6.04 Å². The lowest BCUT2D eigenvalue weighted by Crippen LogP contribution is -2.16. The monoisotopic (exact) mass is 398 g/mol. The average molecular weight is 399 g/mol. The number of aryl methyl sites for hydroxylation is 1. The highest BCUT2D eigenvalue weighted by Crippen LogP contribution is 2.35. The van der Waals surface area contributed by atoms with Crippen molar-refractivity contribution in [1.82, 2.24) is 20.1 Å². The molecule has 0 radical (unpaired) electrons. The summed E-state index contributed by atoms with van der Waals surface area (Å²) in [7, 11) is 1.94. The van der Waals surface area contributed by atoms with Crippen LogP contribution in [0.5, 0.6) is 0 Å². The van der Waals surface area contributed by atoms with Crippen LogP contribution < -0.4 is 16.4 Å². The van der Waals surface area contributed by atoms with Crippen LogP contribution in [0.25, 0.3) is 27.7 Å². The molecule has 0 bridgehead atoms. The first-order chi connectivity index (χ1) is 14.6. The second kappa shape index (κ2) is 7.30. The Hall–Kier alpha value is -3.67. The second-order valence-corrected chi connectivity index (χ2v) is 7.95. The number of nitrogens with two attached hydrogens (primary N) is 1. The van der Waals surface area contributed by atoms with E-state index in [9.17, 15) is 0 Å². The van der Waals surface area contributed by atoms with Gasteiger partial charge in [0.05, 0.1) is 17.9 Å². The predicted octanol–water partition coefficient (Wildman–Crippen LogP) is 4.36. The number of anilines is 1. The zero-order chi connectivity index (χ0) is 20.7. The minimum absolute atomic E-state index is 0.161. The first-order valence-corrected chi connectivity index (χ1v) is 10.3. The normalized spacial score (nSPS) is 17.9. The molecule has 2 aromatic heterocycles. The molecule has 0 amide bonds. The van der Waals surface area contributed by atoms with Gasteiger partial charge in [-0.15, -0.1) is 0 Å². The molecule has 30 heavy (non-hydrogen) atoms. The van der Waals surface area contributed by atoms with E-state index in [0.717, 1.165) is 52.3 Å². The van der Waals surface area contributed by atoms with E-state index in [2.05, 4.69) is 63.2 Å². The number of hydrogen-bond donors (Lipinski definition) is 4. The molecule has 1 atom stereocenters. The molecule has 6 heteroatoms. The number of benzene rings is 2. The van der Waals surface area contributed by atoms with Crippen LogP contribution in [0.1, 0.15) is 30.5 Å². The van der Waals surface area contributed by atoms with Crippen molar-refractivity contribution < 1.29 is 0 Å². The molecule has 0 fully saturated rings. The Bertz CT molecular complexity index is 1240. The minimum Gasteiger partial charge on any atom is -0.401 e. The first-order valence-electron chi connectivity index (χ1n) is 10.3. The van der Waals surface area contributed by atoms with Gasteiger partial charge in [-0.05, 0) is 54.1 Å². The maximum Gasteiger partial charge on any atom is 0.0605 e. The molecule has 3 heterocycles. The highest BCUT2D eigenvalue weighted by atomic mass is 15.2. The van der Waals surface area contributed by atoms with Crippen molar-refractivity contribution in [1.29, 1.82) is 0 Å². The number of hydrogen-bond acceptors (Lipinski definition) is 4. The van der Waals surface area contributed by atoms with Crippen LogP contribution in [0, 0.1) is 0 Å². The lowest BCUT2D eigenvalue weighted by atomic mass is 9.93. The van der Waals surface area contributed by atoms with Gasteiger partial charge >= 0.3 is 0 Å². The third-order valence-electron chi connectivity index (χ3n) is 5.76. The van der Waals surface area contributed by atoms with Gasteiger partial charge in [0, 0.05) is 54.0 Å². The van der Waals surface area contributed by atoms with Crippen molar-refractivity contribution in [3.05, 3.63) is 77.9 Å². The number of allylic oxidation sites excluding steroid dienone is 1. The topological polar surface area (TPSA) is 83.7 Å². The number of H-pyrrole nitrogens is 1. The molecular weight excluding hydrogens is 372 g/mol. The number of rotatable bonds is 3. The van der Waals surface area contributed by atoms with E-state index in [1.807, 2.05) is 37.2 Å². The molecule has 4 aromatic rings. The van der Waals surface area contributed by atoms with Gasteiger partial charge in [-0.3, -0.25) is 4.68 Å². The average Bonchev–Trinajstić information content (AvgIpc) is 3.34. The smallest absolute Gasteiger partial charge is 0.0605 e. The summed E-state index contributed by atoms with van der Waals surface area (Å²) in [4.78, 5) is 3.30. The van der Waals surface area contributed by atoms with Crippen molar-refractivity contribution in [3.8, 4) is 11.1 Å². The summed E-state index contributed by atoms with van der Waals surface area (Å²) in [6.45, 7) is 2.80. The van der Waals surface area contributed by atoms with Crippen molar-refractivity contribution in [3.63, 3.8) is 0 Å². The van der Waals surface area contributed by atoms with Crippen molar-refractivity contribution in [2.24, 2.45) is 12.8 Å². The summed E-state index contributed by atoms with van der Waals surface area (Å²) in [5.74, 6) is 0. The standard InChI is InChI=1S/C24H26N6/c1-15(25)24-20-6-4-17(18-13-28-30(2)14-18)11-21(20)22(8-10-27-24)29-19-5-3-16-7-9-26-23(16)12-19/h3-7,9,11-14,22,26-27,29H,8,10,25H2,1-2H3/b24-15-. The van der Waals surface area contributed by atoms with Crippen LogP contribution in [-0.2, 0) is 7.05 Å². The molecule has 1 aliphatic rings. The second-order valence-electron chi connectivity index (χ2n) is 7.95. The zero-order valence-electron chi connectivity index (χ0n) is 17.2. The van der Waals surface area contributed by atoms with E-state index in [1.165, 1.54) is 10.9 Å². The van der Waals surface area contributed by atoms with Crippen LogP contribution in [0.2, 0.25) is 0 Å². The third-order valence-corrected chi connectivity index (χ3v) is 5.76. The molecule has 1 unspecified atom stereocenters. The van der Waals surface area contributed by atoms with E-state index >= 15 is 0 Å². The lowest BCUT2D eigenvalue weighted by molar-refractivity contribution is 0.683. The van der Waals surface area contributed by atoms with Gasteiger partial charge in [-0.2, -0.15) is 5.10 Å². The molecule has 0 saturated carbocycles. The van der Waals surface area contributed by atoms with Crippen LogP contribution >= 0.6 is 0 Å². The Balaban J connectivity index is 1.59. The number of aromatic amines is 1. The van der Waals surface area contributed by atoms with Gasteiger partial charge in [0.1, 0.15) is 0 Å². The SMILES string of the molecule is C/C(N)=C1/NCCC(Nc2ccc3cc[nH]c3c2)c2cc(-c3cnn(C)c3)ccc21. The van der Waals surface area contributed by atoms with E-state index in [1.54, 1.807) is 0 Å². The fourth-order valence-electron chi connectivity index (χ4n) is 4.26. The number of aromatic nitrogens is 3.